The maximum Gasteiger partial charge on any atom is 0.239 e. The summed E-state index contributed by atoms with van der Waals surface area (Å²) in [4.78, 5) is 12.1. The molecule has 0 unspecified atom stereocenters. The van der Waals surface area contributed by atoms with E-state index < -0.39 is 5.54 Å². The lowest BCUT2D eigenvalue weighted by Gasteiger charge is -2.29. The van der Waals surface area contributed by atoms with Crippen molar-refractivity contribution < 1.29 is 4.79 Å². The lowest BCUT2D eigenvalue weighted by Crippen LogP contribution is -2.53. The molecule has 0 aliphatic rings. The lowest BCUT2D eigenvalue weighted by molar-refractivity contribution is -0.126. The highest BCUT2D eigenvalue weighted by Gasteiger charge is 2.28. The normalized spacial score (nSPS) is 12.3. The Hall–Kier alpha value is -1.35. The van der Waals surface area contributed by atoms with Gasteiger partial charge < -0.3 is 10.6 Å². The van der Waals surface area contributed by atoms with Gasteiger partial charge in [0.25, 0.3) is 0 Å². The molecule has 0 spiro atoms. The number of likely N-dealkylation sites (N-methyl/N-ethyl adjacent to an activating group) is 1. The van der Waals surface area contributed by atoms with Crippen molar-refractivity contribution in [1.29, 1.82) is 0 Å². The highest BCUT2D eigenvalue weighted by Crippen LogP contribution is 2.22. The monoisotopic (exact) mass is 262 g/mol. The van der Waals surface area contributed by atoms with E-state index in [0.29, 0.717) is 6.54 Å². The molecule has 3 heteroatoms. The minimum Gasteiger partial charge on any atom is -0.354 e. The first-order chi connectivity index (χ1) is 8.69. The molecule has 0 aliphatic carbocycles. The average molecular weight is 262 g/mol. The van der Waals surface area contributed by atoms with E-state index in [2.05, 4.69) is 55.7 Å². The van der Waals surface area contributed by atoms with Gasteiger partial charge in [-0.25, -0.2) is 0 Å². The summed E-state index contributed by atoms with van der Waals surface area (Å²) in [7, 11) is 1.80. The van der Waals surface area contributed by atoms with Crippen LogP contribution in [0, 0.1) is 6.92 Å². The van der Waals surface area contributed by atoms with Crippen molar-refractivity contribution in [2.45, 2.75) is 45.6 Å². The molecule has 1 aromatic carbocycles. The van der Waals surface area contributed by atoms with Crippen molar-refractivity contribution in [3.05, 3.63) is 35.4 Å². The van der Waals surface area contributed by atoms with Crippen LogP contribution in [0.1, 0.15) is 38.8 Å². The molecule has 0 radical (unpaired) electrons. The van der Waals surface area contributed by atoms with Gasteiger partial charge in [-0.2, -0.15) is 0 Å². The number of amides is 1. The Morgan fingerprint density at radius 2 is 1.63 bits per heavy atom. The maximum absolute atomic E-state index is 12.1. The Balaban J connectivity index is 2.70. The number of aryl methyl sites for hydroxylation is 1. The predicted molar refractivity (Wildman–Crippen MR) is 80.4 cm³/mol. The van der Waals surface area contributed by atoms with Gasteiger partial charge in [0.05, 0.1) is 5.54 Å². The fourth-order valence-corrected chi connectivity index (χ4v) is 1.74. The highest BCUT2D eigenvalue weighted by atomic mass is 16.2. The van der Waals surface area contributed by atoms with Gasteiger partial charge in [-0.1, -0.05) is 43.7 Å². The summed E-state index contributed by atoms with van der Waals surface area (Å²) in [5.41, 5.74) is 1.87. The zero-order chi connectivity index (χ0) is 14.7. The van der Waals surface area contributed by atoms with Gasteiger partial charge >= 0.3 is 0 Å². The largest absolute Gasteiger partial charge is 0.354 e. The number of hydrogen-bond donors (Lipinski definition) is 2. The summed E-state index contributed by atoms with van der Waals surface area (Å²) < 4.78 is 0. The number of benzene rings is 1. The van der Waals surface area contributed by atoms with Gasteiger partial charge in [-0.05, 0) is 33.4 Å². The second-order valence-electron chi connectivity index (χ2n) is 6.31. The molecule has 0 aliphatic heterocycles. The molecule has 0 bridgehead atoms. The molecule has 0 saturated heterocycles. The first-order valence-electron chi connectivity index (χ1n) is 6.73. The van der Waals surface area contributed by atoms with Gasteiger partial charge in [0.2, 0.25) is 5.91 Å². The quantitative estimate of drug-likeness (QED) is 0.855. The Morgan fingerprint density at radius 3 is 2.11 bits per heavy atom. The van der Waals surface area contributed by atoms with Crippen LogP contribution in [0.25, 0.3) is 0 Å². The molecule has 1 rings (SSSR count). The number of rotatable bonds is 5. The second-order valence-corrected chi connectivity index (χ2v) is 6.31. The third-order valence-corrected chi connectivity index (χ3v) is 3.72. The van der Waals surface area contributed by atoms with E-state index in [1.54, 1.807) is 7.05 Å². The van der Waals surface area contributed by atoms with E-state index in [0.717, 1.165) is 0 Å². The number of carbonyl (C=O) groups excluding carboxylic acids is 1. The van der Waals surface area contributed by atoms with Crippen molar-refractivity contribution >= 4 is 5.91 Å². The van der Waals surface area contributed by atoms with Crippen molar-refractivity contribution in [1.82, 2.24) is 10.6 Å². The van der Waals surface area contributed by atoms with Crippen LogP contribution in [0.3, 0.4) is 0 Å². The SMILES string of the molecule is CNC(C)(C)C(=O)NCC(C)(C)c1ccc(C)cc1. The molecule has 0 heterocycles. The Labute approximate surface area is 116 Å². The molecule has 3 nitrogen and oxygen atoms in total. The highest BCUT2D eigenvalue weighted by molar-refractivity contribution is 5.85. The molecule has 1 aromatic rings. The van der Waals surface area contributed by atoms with Gasteiger partial charge in [0, 0.05) is 12.0 Å². The van der Waals surface area contributed by atoms with E-state index in [4.69, 9.17) is 0 Å². The van der Waals surface area contributed by atoms with Crippen LogP contribution in [0.4, 0.5) is 0 Å². The fourth-order valence-electron chi connectivity index (χ4n) is 1.74. The Kier molecular flexibility index (Phi) is 4.75. The molecular formula is C16H26N2O. The van der Waals surface area contributed by atoms with Crippen LogP contribution < -0.4 is 10.6 Å². The smallest absolute Gasteiger partial charge is 0.239 e. The molecular weight excluding hydrogens is 236 g/mol. The standard InChI is InChI=1S/C16H26N2O/c1-12-7-9-13(10-8-12)15(2,3)11-18-14(19)16(4,5)17-6/h7-10,17H,11H2,1-6H3,(H,18,19). The lowest BCUT2D eigenvalue weighted by atomic mass is 9.84. The average Bonchev–Trinajstić information content (AvgIpc) is 2.36. The molecule has 0 aromatic heterocycles. The third-order valence-electron chi connectivity index (χ3n) is 3.72. The van der Waals surface area contributed by atoms with E-state index in [9.17, 15) is 4.79 Å². The van der Waals surface area contributed by atoms with Crippen LogP contribution in [0.2, 0.25) is 0 Å². The van der Waals surface area contributed by atoms with Crippen LogP contribution in [0.5, 0.6) is 0 Å². The molecule has 0 atom stereocenters. The van der Waals surface area contributed by atoms with E-state index in [1.807, 2.05) is 13.8 Å². The van der Waals surface area contributed by atoms with Gasteiger partial charge in [-0.15, -0.1) is 0 Å². The van der Waals surface area contributed by atoms with Crippen LogP contribution in [0.15, 0.2) is 24.3 Å². The Morgan fingerprint density at radius 1 is 1.11 bits per heavy atom. The molecule has 0 fully saturated rings. The number of hydrogen-bond acceptors (Lipinski definition) is 2. The molecule has 1 amide bonds. The zero-order valence-corrected chi connectivity index (χ0v) is 12.9. The predicted octanol–water partition coefficient (Wildman–Crippen LogP) is 2.39. The molecule has 0 saturated carbocycles. The topological polar surface area (TPSA) is 41.1 Å². The molecule has 106 valence electrons. The van der Waals surface area contributed by atoms with E-state index in [-0.39, 0.29) is 11.3 Å². The maximum atomic E-state index is 12.1. The summed E-state index contributed by atoms with van der Waals surface area (Å²) in [6.07, 6.45) is 0. The van der Waals surface area contributed by atoms with Gasteiger partial charge in [-0.3, -0.25) is 4.79 Å². The summed E-state index contributed by atoms with van der Waals surface area (Å²) in [6.45, 7) is 10.7. The number of nitrogens with one attached hydrogen (secondary N) is 2. The fraction of sp³-hybridized carbons (Fsp3) is 0.562. The first-order valence-corrected chi connectivity index (χ1v) is 6.73. The van der Waals surface area contributed by atoms with Crippen LogP contribution >= 0.6 is 0 Å². The van der Waals surface area contributed by atoms with Crippen molar-refractivity contribution in [3.8, 4) is 0 Å². The van der Waals surface area contributed by atoms with Gasteiger partial charge in [0.15, 0.2) is 0 Å². The van der Waals surface area contributed by atoms with Crippen molar-refractivity contribution in [2.24, 2.45) is 0 Å². The zero-order valence-electron chi connectivity index (χ0n) is 12.9. The summed E-state index contributed by atoms with van der Waals surface area (Å²) in [6, 6.07) is 8.47. The summed E-state index contributed by atoms with van der Waals surface area (Å²) in [5.74, 6) is 0.0233. The van der Waals surface area contributed by atoms with Crippen molar-refractivity contribution in [2.75, 3.05) is 13.6 Å². The molecule has 2 N–H and O–H groups in total. The van der Waals surface area contributed by atoms with Gasteiger partial charge in [0.1, 0.15) is 0 Å². The van der Waals surface area contributed by atoms with E-state index >= 15 is 0 Å². The third kappa shape index (κ3) is 4.06. The first kappa shape index (κ1) is 15.7. The summed E-state index contributed by atoms with van der Waals surface area (Å²) >= 11 is 0. The minimum absolute atomic E-state index is 0.0233. The summed E-state index contributed by atoms with van der Waals surface area (Å²) in [5, 5.41) is 6.04. The minimum atomic E-state index is -0.538. The Bertz CT molecular complexity index is 433. The van der Waals surface area contributed by atoms with E-state index in [1.165, 1.54) is 11.1 Å². The van der Waals surface area contributed by atoms with Crippen LogP contribution in [-0.2, 0) is 10.2 Å². The molecule has 19 heavy (non-hydrogen) atoms. The van der Waals surface area contributed by atoms with Crippen molar-refractivity contribution in [3.63, 3.8) is 0 Å². The number of carbonyl (C=O) groups is 1. The van der Waals surface area contributed by atoms with Crippen LogP contribution in [-0.4, -0.2) is 25.0 Å². The second kappa shape index (κ2) is 5.74.